The van der Waals surface area contributed by atoms with Gasteiger partial charge in [0.25, 0.3) is 5.91 Å². The maximum absolute atomic E-state index is 12.8. The molecule has 31 heavy (non-hydrogen) atoms. The number of methoxy groups -OCH3 is 3. The van der Waals surface area contributed by atoms with Crippen molar-refractivity contribution in [3.8, 4) is 28.6 Å². The minimum Gasteiger partial charge on any atom is -0.497 e. The lowest BCUT2D eigenvalue weighted by Gasteiger charge is -2.10. The van der Waals surface area contributed by atoms with Crippen molar-refractivity contribution >= 4 is 16.7 Å². The van der Waals surface area contributed by atoms with Gasteiger partial charge in [0.2, 0.25) is 11.7 Å². The van der Waals surface area contributed by atoms with E-state index in [0.29, 0.717) is 34.2 Å². The highest BCUT2D eigenvalue weighted by Gasteiger charge is 2.17. The van der Waals surface area contributed by atoms with Gasteiger partial charge in [0.15, 0.2) is 0 Å². The van der Waals surface area contributed by atoms with Crippen LogP contribution in [0.3, 0.4) is 0 Å². The molecule has 0 saturated heterocycles. The van der Waals surface area contributed by atoms with Crippen molar-refractivity contribution in [3.05, 3.63) is 66.1 Å². The molecule has 3 aromatic carbocycles. The molecular weight excluding hydrogens is 398 g/mol. The Hall–Kier alpha value is -4.07. The van der Waals surface area contributed by atoms with Gasteiger partial charge in [-0.2, -0.15) is 4.98 Å². The molecule has 0 aliphatic rings. The van der Waals surface area contributed by atoms with Crippen LogP contribution in [0.4, 0.5) is 0 Å². The average Bonchev–Trinajstić information content (AvgIpc) is 3.29. The number of fused-ring (bicyclic) bond motifs is 1. The topological polar surface area (TPSA) is 95.7 Å². The highest BCUT2D eigenvalue weighted by atomic mass is 16.5. The third-order valence-electron chi connectivity index (χ3n) is 4.83. The molecule has 1 amide bonds. The number of amides is 1. The summed E-state index contributed by atoms with van der Waals surface area (Å²) >= 11 is 0. The quantitative estimate of drug-likeness (QED) is 0.486. The third-order valence-corrected chi connectivity index (χ3v) is 4.83. The fourth-order valence-electron chi connectivity index (χ4n) is 3.24. The zero-order chi connectivity index (χ0) is 21.8. The first-order valence-corrected chi connectivity index (χ1v) is 9.53. The summed E-state index contributed by atoms with van der Waals surface area (Å²) in [6, 6.07) is 16.7. The van der Waals surface area contributed by atoms with Crippen LogP contribution in [0.2, 0.25) is 0 Å². The van der Waals surface area contributed by atoms with Gasteiger partial charge in [-0.05, 0) is 35.0 Å². The molecule has 0 aliphatic carbocycles. The second-order valence-corrected chi connectivity index (χ2v) is 6.66. The number of ether oxygens (including phenoxy) is 3. The number of aromatic nitrogens is 2. The smallest absolute Gasteiger partial charge is 0.255 e. The van der Waals surface area contributed by atoms with Crippen LogP contribution in [0.15, 0.2) is 59.1 Å². The summed E-state index contributed by atoms with van der Waals surface area (Å²) in [5.74, 6) is 2.01. The standard InChI is InChI=1S/C23H21N3O5/c1-28-16-8-9-17(20(12-16)30-3)22-25-21(31-26-22)13-24-23(27)18-10-14-6-4-5-7-15(14)11-19(18)29-2/h4-12H,13H2,1-3H3,(H,24,27). The van der Waals surface area contributed by atoms with Crippen LogP contribution < -0.4 is 19.5 Å². The molecule has 4 rings (SSSR count). The van der Waals surface area contributed by atoms with Gasteiger partial charge < -0.3 is 24.1 Å². The van der Waals surface area contributed by atoms with Gasteiger partial charge in [-0.25, -0.2) is 0 Å². The molecule has 0 fully saturated rings. The molecule has 0 radical (unpaired) electrons. The molecule has 0 aliphatic heterocycles. The molecule has 0 unspecified atom stereocenters. The Morgan fingerprint density at radius 3 is 2.39 bits per heavy atom. The van der Waals surface area contributed by atoms with E-state index < -0.39 is 0 Å². The first-order valence-electron chi connectivity index (χ1n) is 9.53. The van der Waals surface area contributed by atoms with Gasteiger partial charge in [-0.1, -0.05) is 29.4 Å². The molecule has 158 valence electrons. The van der Waals surface area contributed by atoms with E-state index in [1.165, 1.54) is 7.11 Å². The zero-order valence-corrected chi connectivity index (χ0v) is 17.3. The van der Waals surface area contributed by atoms with E-state index in [0.717, 1.165) is 10.8 Å². The van der Waals surface area contributed by atoms with E-state index >= 15 is 0 Å². The van der Waals surface area contributed by atoms with Gasteiger partial charge in [0.1, 0.15) is 17.2 Å². The van der Waals surface area contributed by atoms with Crippen LogP contribution in [-0.4, -0.2) is 37.4 Å². The van der Waals surface area contributed by atoms with Crippen molar-refractivity contribution in [1.29, 1.82) is 0 Å². The Bertz CT molecular complexity index is 1240. The second-order valence-electron chi connectivity index (χ2n) is 6.66. The summed E-state index contributed by atoms with van der Waals surface area (Å²) in [5.41, 5.74) is 1.08. The molecule has 8 nitrogen and oxygen atoms in total. The molecule has 4 aromatic rings. The summed E-state index contributed by atoms with van der Waals surface area (Å²) in [5, 5.41) is 8.73. The van der Waals surface area contributed by atoms with Crippen LogP contribution >= 0.6 is 0 Å². The highest BCUT2D eigenvalue weighted by molar-refractivity contribution is 6.01. The molecule has 8 heteroatoms. The molecule has 0 bridgehead atoms. The number of benzene rings is 3. The molecular formula is C23H21N3O5. The van der Waals surface area contributed by atoms with Crippen LogP contribution in [0.25, 0.3) is 22.2 Å². The first kappa shape index (κ1) is 20.2. The van der Waals surface area contributed by atoms with Crippen molar-refractivity contribution in [2.75, 3.05) is 21.3 Å². The van der Waals surface area contributed by atoms with E-state index in [9.17, 15) is 4.79 Å². The number of hydrogen-bond donors (Lipinski definition) is 1. The molecule has 0 spiro atoms. The van der Waals surface area contributed by atoms with Crippen LogP contribution in [0.5, 0.6) is 17.2 Å². The summed E-state index contributed by atoms with van der Waals surface area (Å²) in [7, 11) is 4.66. The molecule has 0 atom stereocenters. The molecule has 1 aromatic heterocycles. The average molecular weight is 419 g/mol. The van der Waals surface area contributed by atoms with Gasteiger partial charge in [-0.3, -0.25) is 4.79 Å². The number of carbonyl (C=O) groups excluding carboxylic acids is 1. The first-order chi connectivity index (χ1) is 15.1. The largest absolute Gasteiger partial charge is 0.497 e. The van der Waals surface area contributed by atoms with Crippen molar-refractivity contribution < 1.29 is 23.5 Å². The second kappa shape index (κ2) is 8.74. The maximum atomic E-state index is 12.8. The fourth-order valence-corrected chi connectivity index (χ4v) is 3.24. The lowest BCUT2D eigenvalue weighted by atomic mass is 10.1. The van der Waals surface area contributed by atoms with Crippen LogP contribution in [0, 0.1) is 0 Å². The van der Waals surface area contributed by atoms with Gasteiger partial charge in [-0.15, -0.1) is 0 Å². The van der Waals surface area contributed by atoms with Crippen molar-refractivity contribution in [3.63, 3.8) is 0 Å². The minimum atomic E-state index is -0.301. The van der Waals surface area contributed by atoms with Crippen LogP contribution in [-0.2, 0) is 6.54 Å². The number of carbonyl (C=O) groups is 1. The van der Waals surface area contributed by atoms with E-state index in [1.54, 1.807) is 38.5 Å². The minimum absolute atomic E-state index is 0.0697. The Morgan fingerprint density at radius 1 is 0.935 bits per heavy atom. The summed E-state index contributed by atoms with van der Waals surface area (Å²) in [4.78, 5) is 17.1. The Labute approximate surface area is 178 Å². The van der Waals surface area contributed by atoms with Gasteiger partial charge in [0.05, 0.1) is 39.0 Å². The molecule has 1 heterocycles. The normalized spacial score (nSPS) is 10.7. The fraction of sp³-hybridized carbons (Fsp3) is 0.174. The SMILES string of the molecule is COc1ccc(-c2noc(CNC(=O)c3cc4ccccc4cc3OC)n2)c(OC)c1. The Balaban J connectivity index is 1.52. The molecule has 0 saturated carbocycles. The summed E-state index contributed by atoms with van der Waals surface area (Å²) in [6.45, 7) is 0.0697. The predicted octanol–water partition coefficient (Wildman–Crippen LogP) is 3.85. The number of hydrogen-bond acceptors (Lipinski definition) is 7. The number of nitrogens with zero attached hydrogens (tertiary/aromatic N) is 2. The van der Waals surface area contributed by atoms with Crippen molar-refractivity contribution in [2.24, 2.45) is 0 Å². The monoisotopic (exact) mass is 419 g/mol. The maximum Gasteiger partial charge on any atom is 0.255 e. The lowest BCUT2D eigenvalue weighted by molar-refractivity contribution is 0.0943. The van der Waals surface area contributed by atoms with Crippen molar-refractivity contribution in [2.45, 2.75) is 6.54 Å². The third kappa shape index (κ3) is 4.13. The van der Waals surface area contributed by atoms with Crippen LogP contribution in [0.1, 0.15) is 16.2 Å². The van der Waals surface area contributed by atoms with Crippen molar-refractivity contribution in [1.82, 2.24) is 15.5 Å². The van der Waals surface area contributed by atoms with Gasteiger partial charge >= 0.3 is 0 Å². The molecule has 1 N–H and O–H groups in total. The number of nitrogens with one attached hydrogen (secondary N) is 1. The predicted molar refractivity (Wildman–Crippen MR) is 115 cm³/mol. The lowest BCUT2D eigenvalue weighted by Crippen LogP contribution is -2.23. The van der Waals surface area contributed by atoms with E-state index in [1.807, 2.05) is 30.3 Å². The number of rotatable bonds is 7. The zero-order valence-electron chi connectivity index (χ0n) is 17.3. The van der Waals surface area contributed by atoms with E-state index in [-0.39, 0.29) is 18.3 Å². The van der Waals surface area contributed by atoms with E-state index in [4.69, 9.17) is 18.7 Å². The van der Waals surface area contributed by atoms with Gasteiger partial charge in [0, 0.05) is 6.07 Å². The highest BCUT2D eigenvalue weighted by Crippen LogP contribution is 2.31. The Morgan fingerprint density at radius 2 is 1.68 bits per heavy atom. The summed E-state index contributed by atoms with van der Waals surface area (Å²) in [6.07, 6.45) is 0. The summed E-state index contributed by atoms with van der Waals surface area (Å²) < 4.78 is 21.3. The van der Waals surface area contributed by atoms with E-state index in [2.05, 4.69) is 15.5 Å². The Kier molecular flexibility index (Phi) is 5.70.